The zero-order chi connectivity index (χ0) is 21.0. The van der Waals surface area contributed by atoms with Gasteiger partial charge >= 0.3 is 6.18 Å². The van der Waals surface area contributed by atoms with Gasteiger partial charge in [0.25, 0.3) is 0 Å². The molecule has 1 aliphatic heterocycles. The molecule has 2 aromatic rings. The van der Waals surface area contributed by atoms with Crippen molar-refractivity contribution >= 4 is 12.2 Å². The average Bonchev–Trinajstić information content (AvgIpc) is 2.68. The van der Waals surface area contributed by atoms with E-state index in [1.165, 1.54) is 17.7 Å². The topological polar surface area (TPSA) is 18.5 Å². The third-order valence-corrected chi connectivity index (χ3v) is 5.08. The minimum Gasteiger partial charge on any atom is -0.493 e. The van der Waals surface area contributed by atoms with Gasteiger partial charge in [0, 0.05) is 11.5 Å². The van der Waals surface area contributed by atoms with Crippen LogP contribution in [0.2, 0.25) is 0 Å². The minimum absolute atomic E-state index is 0.0228. The van der Waals surface area contributed by atoms with Crippen LogP contribution in [0, 0.1) is 5.82 Å². The third-order valence-electron chi connectivity index (χ3n) is 5.08. The van der Waals surface area contributed by atoms with Gasteiger partial charge in [-0.1, -0.05) is 36.4 Å². The van der Waals surface area contributed by atoms with Crippen molar-refractivity contribution in [2.24, 2.45) is 0 Å². The van der Waals surface area contributed by atoms with Gasteiger partial charge in [0.15, 0.2) is 0 Å². The molecule has 0 saturated carbocycles. The van der Waals surface area contributed by atoms with Crippen molar-refractivity contribution in [2.75, 3.05) is 13.2 Å². The molecule has 1 aliphatic rings. The normalized spacial score (nSPS) is 20.2. The van der Waals surface area contributed by atoms with Gasteiger partial charge in [-0.3, -0.25) is 0 Å². The molecule has 0 spiro atoms. The second-order valence-electron chi connectivity index (χ2n) is 7.19. The van der Waals surface area contributed by atoms with Gasteiger partial charge in [-0.05, 0) is 49.9 Å². The van der Waals surface area contributed by atoms with E-state index in [1.807, 2.05) is 24.3 Å². The summed E-state index contributed by atoms with van der Waals surface area (Å²) in [5.41, 5.74) is 0.434. The van der Waals surface area contributed by atoms with E-state index in [0.29, 0.717) is 18.6 Å². The number of alkyl halides is 3. The highest BCUT2D eigenvalue weighted by Gasteiger charge is 2.38. The molecule has 1 fully saturated rings. The first-order valence-electron chi connectivity index (χ1n) is 9.71. The zero-order valence-electron chi connectivity index (χ0n) is 16.4. The van der Waals surface area contributed by atoms with Crippen LogP contribution in [0.15, 0.2) is 36.4 Å². The molecular formula is C23H24F4O2. The lowest BCUT2D eigenvalue weighted by Crippen LogP contribution is -2.22. The van der Waals surface area contributed by atoms with Crippen molar-refractivity contribution < 1.29 is 27.0 Å². The van der Waals surface area contributed by atoms with Crippen LogP contribution < -0.4 is 4.74 Å². The monoisotopic (exact) mass is 408 g/mol. The summed E-state index contributed by atoms with van der Waals surface area (Å²) in [5, 5.41) is 0. The van der Waals surface area contributed by atoms with E-state index in [4.69, 9.17) is 9.47 Å². The molecule has 0 N–H and O–H groups in total. The highest BCUT2D eigenvalue weighted by molar-refractivity contribution is 5.71. The molecule has 2 nitrogen and oxygen atoms in total. The van der Waals surface area contributed by atoms with E-state index in [2.05, 4.69) is 6.92 Å². The van der Waals surface area contributed by atoms with Gasteiger partial charge in [-0.25, -0.2) is 4.39 Å². The van der Waals surface area contributed by atoms with Gasteiger partial charge in [-0.15, -0.1) is 0 Å². The lowest BCUT2D eigenvalue weighted by atomic mass is 9.91. The molecular weight excluding hydrogens is 384 g/mol. The molecule has 0 aliphatic carbocycles. The fraction of sp³-hybridized carbons (Fsp3) is 0.391. The Hall–Kier alpha value is -2.34. The molecule has 1 heterocycles. The van der Waals surface area contributed by atoms with E-state index in [9.17, 15) is 17.6 Å². The van der Waals surface area contributed by atoms with Crippen LogP contribution in [-0.2, 0) is 10.9 Å². The van der Waals surface area contributed by atoms with Crippen molar-refractivity contribution in [3.63, 3.8) is 0 Å². The lowest BCUT2D eigenvalue weighted by molar-refractivity contribution is -0.141. The van der Waals surface area contributed by atoms with Crippen LogP contribution in [0.5, 0.6) is 5.75 Å². The molecule has 0 radical (unpaired) electrons. The van der Waals surface area contributed by atoms with Gasteiger partial charge < -0.3 is 9.47 Å². The maximum Gasteiger partial charge on any atom is 0.422 e. The van der Waals surface area contributed by atoms with Crippen molar-refractivity contribution in [3.05, 3.63) is 64.5 Å². The molecule has 3 rings (SSSR count). The van der Waals surface area contributed by atoms with Gasteiger partial charge in [0.05, 0.1) is 19.3 Å². The number of halogens is 4. The fourth-order valence-corrected chi connectivity index (χ4v) is 3.45. The highest BCUT2D eigenvalue weighted by atomic mass is 19.4. The molecule has 0 aromatic heterocycles. The number of hydrogen-bond acceptors (Lipinski definition) is 2. The minimum atomic E-state index is -4.83. The third kappa shape index (κ3) is 5.18. The van der Waals surface area contributed by atoms with Gasteiger partial charge in [-0.2, -0.15) is 13.2 Å². The number of benzene rings is 2. The summed E-state index contributed by atoms with van der Waals surface area (Å²) >= 11 is 0. The van der Waals surface area contributed by atoms with Crippen LogP contribution in [0.1, 0.15) is 54.9 Å². The fourth-order valence-electron chi connectivity index (χ4n) is 3.45. The quantitative estimate of drug-likeness (QED) is 0.405. The van der Waals surface area contributed by atoms with Gasteiger partial charge in [0.2, 0.25) is 0 Å². The predicted molar refractivity (Wildman–Crippen MR) is 105 cm³/mol. The summed E-state index contributed by atoms with van der Waals surface area (Å²) in [6.45, 7) is 4.33. The van der Waals surface area contributed by atoms with Crippen LogP contribution in [0.3, 0.4) is 0 Å². The first-order chi connectivity index (χ1) is 13.8. The van der Waals surface area contributed by atoms with E-state index < -0.39 is 23.3 Å². The summed E-state index contributed by atoms with van der Waals surface area (Å²) < 4.78 is 65.0. The standard InChI is InChI=1S/C23H24F4O2/c1-3-28-20-13-12-18(22(24)21(20)23(25,26)27)11-7-16-5-9-17(10-6-16)19-8-4-15(2)29-14-19/h5-7,9-13,15,19H,3-4,8,14H2,1-2H3/b11-7+. The van der Waals surface area contributed by atoms with Crippen LogP contribution in [-0.4, -0.2) is 19.3 Å². The maximum absolute atomic E-state index is 14.5. The molecule has 0 amide bonds. The maximum atomic E-state index is 14.5. The Morgan fingerprint density at radius 2 is 1.79 bits per heavy atom. The van der Waals surface area contributed by atoms with Crippen molar-refractivity contribution in [3.8, 4) is 5.75 Å². The number of rotatable bonds is 5. The van der Waals surface area contributed by atoms with Crippen LogP contribution >= 0.6 is 0 Å². The van der Waals surface area contributed by atoms with Crippen molar-refractivity contribution in [1.29, 1.82) is 0 Å². The van der Waals surface area contributed by atoms with E-state index in [-0.39, 0.29) is 12.2 Å². The van der Waals surface area contributed by atoms with Gasteiger partial charge in [0.1, 0.15) is 17.1 Å². The van der Waals surface area contributed by atoms with Crippen LogP contribution in [0.4, 0.5) is 17.6 Å². The first-order valence-corrected chi connectivity index (χ1v) is 9.71. The Kier molecular flexibility index (Phi) is 6.63. The predicted octanol–water partition coefficient (Wildman–Crippen LogP) is 6.70. The number of ether oxygens (including phenoxy) is 2. The summed E-state index contributed by atoms with van der Waals surface area (Å²) in [7, 11) is 0. The summed E-state index contributed by atoms with van der Waals surface area (Å²) in [5.74, 6) is -1.48. The number of hydrogen-bond donors (Lipinski definition) is 0. The lowest BCUT2D eigenvalue weighted by Gasteiger charge is -2.27. The molecule has 156 valence electrons. The second-order valence-corrected chi connectivity index (χ2v) is 7.19. The Morgan fingerprint density at radius 1 is 1.07 bits per heavy atom. The largest absolute Gasteiger partial charge is 0.493 e. The van der Waals surface area contributed by atoms with E-state index in [0.717, 1.165) is 24.5 Å². The zero-order valence-corrected chi connectivity index (χ0v) is 16.4. The Bertz CT molecular complexity index is 848. The SMILES string of the molecule is CCOc1ccc(/C=C/c2ccc(C3CCC(C)OC3)cc2)c(F)c1C(F)(F)F. The second kappa shape index (κ2) is 8.99. The summed E-state index contributed by atoms with van der Waals surface area (Å²) in [4.78, 5) is 0. The summed E-state index contributed by atoms with van der Waals surface area (Å²) in [6, 6.07) is 10.2. The Labute approximate surface area is 168 Å². The first kappa shape index (κ1) is 21.4. The molecule has 2 unspecified atom stereocenters. The van der Waals surface area contributed by atoms with E-state index >= 15 is 0 Å². The Balaban J connectivity index is 1.79. The van der Waals surface area contributed by atoms with E-state index in [1.54, 1.807) is 13.0 Å². The van der Waals surface area contributed by atoms with Crippen LogP contribution in [0.25, 0.3) is 12.2 Å². The average molecular weight is 408 g/mol. The van der Waals surface area contributed by atoms with Crippen molar-refractivity contribution in [2.45, 2.75) is 44.9 Å². The molecule has 2 atom stereocenters. The molecule has 0 bridgehead atoms. The molecule has 2 aromatic carbocycles. The molecule has 6 heteroatoms. The smallest absolute Gasteiger partial charge is 0.422 e. The molecule has 29 heavy (non-hydrogen) atoms. The summed E-state index contributed by atoms with van der Waals surface area (Å²) in [6.07, 6.45) is 0.487. The van der Waals surface area contributed by atoms with Crippen molar-refractivity contribution in [1.82, 2.24) is 0 Å². The molecule has 1 saturated heterocycles. The Morgan fingerprint density at radius 3 is 2.38 bits per heavy atom. The highest BCUT2D eigenvalue weighted by Crippen LogP contribution is 2.39.